The smallest absolute Gasteiger partial charge is 0.341 e. The monoisotopic (exact) mass is 872 g/mol. The number of fused-ring (bicyclic) bond motifs is 2. The second-order valence-corrected chi connectivity index (χ2v) is 15.3. The van der Waals surface area contributed by atoms with Gasteiger partial charge in [-0.25, -0.2) is 9.59 Å². The molecule has 3 N–H and O–H groups in total. The number of aromatic nitrogens is 2. The highest BCUT2D eigenvalue weighted by atomic mass is 35.5. The Bertz CT molecular complexity index is 2330. The van der Waals surface area contributed by atoms with Crippen molar-refractivity contribution < 1.29 is 48.6 Å². The van der Waals surface area contributed by atoms with Crippen LogP contribution in [0.5, 0.6) is 11.5 Å². The molecule has 0 radical (unpaired) electrons. The van der Waals surface area contributed by atoms with E-state index in [1.807, 2.05) is 47.6 Å². The van der Waals surface area contributed by atoms with Crippen LogP contribution in [-0.4, -0.2) is 95.9 Å². The minimum absolute atomic E-state index is 0.0823. The highest BCUT2D eigenvalue weighted by Gasteiger charge is 2.24. The molecule has 0 unspecified atom stereocenters. The van der Waals surface area contributed by atoms with Gasteiger partial charge in [0.15, 0.2) is 0 Å². The number of carboxylic acid groups (broad SMARTS) is 2. The van der Waals surface area contributed by atoms with Gasteiger partial charge in [-0.2, -0.15) is 10.5 Å². The molecule has 0 bridgehead atoms. The zero-order chi connectivity index (χ0) is 45.2. The molecule has 0 saturated heterocycles. The molecule has 0 aliphatic heterocycles. The van der Waals surface area contributed by atoms with Gasteiger partial charge in [0.25, 0.3) is 0 Å². The number of nitriles is 2. The van der Waals surface area contributed by atoms with E-state index in [1.54, 1.807) is 27.3 Å². The summed E-state index contributed by atoms with van der Waals surface area (Å²) in [4.78, 5) is 48.3. The summed E-state index contributed by atoms with van der Waals surface area (Å²) in [6.07, 6.45) is 4.20. The normalized spacial score (nSPS) is 11.1. The standard InChI is InChI=1S/C21H25ClN2O6.C18H22ClNO6.C3H3N/c1-21(2,3)24-13-15(20(26)27)19(25)14-11-18(16(22)12-17(14)24)30-10-9-29-8-7-28-6-4-5-23;1-18(2,3)20-10-12(17(23)24)16(22)11-8-15(13(19)9-14(11)20)26-7-6-25-5-4-21;1-2-3-4/h11-13H,4,6-10H2,1-3H3,(H,26,27);8-10,21H,4-7H2,1-3H3,(H,23,24);2H,1H2. The number of carboxylic acids is 2. The Morgan fingerprint density at radius 3 is 1.40 bits per heavy atom. The molecule has 0 amide bonds. The predicted molar refractivity (Wildman–Crippen MR) is 227 cm³/mol. The second-order valence-electron chi connectivity index (χ2n) is 14.5. The summed E-state index contributed by atoms with van der Waals surface area (Å²) in [6.45, 7) is 16.7. The van der Waals surface area contributed by atoms with Gasteiger partial charge in [0.2, 0.25) is 10.9 Å². The molecule has 4 aromatic rings. The van der Waals surface area contributed by atoms with E-state index < -0.39 is 33.9 Å². The molecule has 2 heterocycles. The van der Waals surface area contributed by atoms with Gasteiger partial charge in [-0.1, -0.05) is 29.8 Å². The third kappa shape index (κ3) is 14.7. The Morgan fingerprint density at radius 2 is 1.07 bits per heavy atom. The third-order valence-corrected chi connectivity index (χ3v) is 8.64. The van der Waals surface area contributed by atoms with E-state index in [2.05, 4.69) is 6.58 Å². The van der Waals surface area contributed by atoms with Gasteiger partial charge in [-0.3, -0.25) is 9.59 Å². The van der Waals surface area contributed by atoms with Gasteiger partial charge in [0.05, 0.1) is 96.7 Å². The molecule has 0 saturated carbocycles. The Balaban J connectivity index is 0.000000382. The van der Waals surface area contributed by atoms with Crippen molar-refractivity contribution in [2.24, 2.45) is 0 Å². The van der Waals surface area contributed by atoms with Gasteiger partial charge < -0.3 is 48.1 Å². The number of rotatable bonds is 17. The lowest BCUT2D eigenvalue weighted by Gasteiger charge is -2.26. The molecule has 0 spiro atoms. The number of hydrogen-bond donors (Lipinski definition) is 3. The summed E-state index contributed by atoms with van der Waals surface area (Å²) < 4.78 is 30.3. The molecule has 0 aliphatic carbocycles. The fraction of sp³-hybridized carbons (Fsp3) is 0.429. The van der Waals surface area contributed by atoms with Gasteiger partial charge in [0, 0.05) is 29.5 Å². The van der Waals surface area contributed by atoms with Crippen molar-refractivity contribution >= 4 is 56.9 Å². The minimum Gasteiger partial charge on any atom is -0.490 e. The fourth-order valence-electron chi connectivity index (χ4n) is 5.32. The summed E-state index contributed by atoms with van der Waals surface area (Å²) in [5.41, 5.74) is -1.68. The van der Waals surface area contributed by atoms with Crippen LogP contribution in [-0.2, 0) is 25.3 Å². The summed E-state index contributed by atoms with van der Waals surface area (Å²) >= 11 is 12.6. The SMILES string of the molecule is C=CC#N.CC(C)(C)n1cc(C(=O)O)c(=O)c2cc(OCCOCCO)c(Cl)cc21.CC(C)(C)n1cc(C(=O)O)c(=O)c2cc(OCCOCCOCCC#N)c(Cl)cc21. The number of pyridine rings is 2. The lowest BCUT2D eigenvalue weighted by molar-refractivity contribution is 0.0381. The average molecular weight is 874 g/mol. The quantitative estimate of drug-likeness (QED) is 0.0747. The van der Waals surface area contributed by atoms with Crippen LogP contribution in [0.1, 0.15) is 68.7 Å². The van der Waals surface area contributed by atoms with Crippen LogP contribution >= 0.6 is 23.2 Å². The van der Waals surface area contributed by atoms with Gasteiger partial charge >= 0.3 is 11.9 Å². The molecule has 0 atom stereocenters. The number of aromatic carboxylic acids is 2. The van der Waals surface area contributed by atoms with Crippen LogP contribution in [0.4, 0.5) is 0 Å². The maximum atomic E-state index is 12.7. The summed E-state index contributed by atoms with van der Waals surface area (Å²) in [7, 11) is 0. The number of halogens is 2. The van der Waals surface area contributed by atoms with Crippen molar-refractivity contribution in [2.45, 2.75) is 59.0 Å². The average Bonchev–Trinajstić information content (AvgIpc) is 3.17. The minimum atomic E-state index is -1.29. The van der Waals surface area contributed by atoms with Crippen molar-refractivity contribution in [3.63, 3.8) is 0 Å². The van der Waals surface area contributed by atoms with E-state index in [4.69, 9.17) is 62.5 Å². The Kier molecular flexibility index (Phi) is 20.2. The molecule has 16 nitrogen and oxygen atoms in total. The van der Waals surface area contributed by atoms with Crippen LogP contribution < -0.4 is 20.3 Å². The van der Waals surface area contributed by atoms with Crippen LogP contribution in [0.25, 0.3) is 21.8 Å². The van der Waals surface area contributed by atoms with Crippen LogP contribution in [0.2, 0.25) is 10.0 Å². The predicted octanol–water partition coefficient (Wildman–Crippen LogP) is 6.63. The first kappa shape index (κ1) is 50.7. The zero-order valence-corrected chi connectivity index (χ0v) is 35.9. The van der Waals surface area contributed by atoms with Crippen molar-refractivity contribution in [2.75, 3.05) is 59.5 Å². The van der Waals surface area contributed by atoms with Crippen LogP contribution in [0.3, 0.4) is 0 Å². The number of nitrogens with zero attached hydrogens (tertiary/aromatic N) is 4. The Labute approximate surface area is 357 Å². The molecular formula is C42H50Cl2N4O12. The highest BCUT2D eigenvalue weighted by molar-refractivity contribution is 6.33. The Morgan fingerprint density at radius 1 is 0.700 bits per heavy atom. The first-order valence-electron chi connectivity index (χ1n) is 18.5. The molecule has 2 aromatic heterocycles. The topological polar surface area (TPSA) is 233 Å². The molecule has 2 aromatic carbocycles. The molecule has 0 aliphatic rings. The molecule has 18 heteroatoms. The van der Waals surface area contributed by atoms with Gasteiger partial charge in [-0.15, -0.1) is 0 Å². The van der Waals surface area contributed by atoms with Crippen LogP contribution in [0, 0.1) is 22.7 Å². The molecule has 4 rings (SSSR count). The van der Waals surface area contributed by atoms with Crippen molar-refractivity contribution in [1.82, 2.24) is 9.13 Å². The van der Waals surface area contributed by atoms with Gasteiger partial charge in [0.1, 0.15) is 35.8 Å². The Hall–Kier alpha value is -5.46. The van der Waals surface area contributed by atoms with E-state index in [0.29, 0.717) is 47.3 Å². The van der Waals surface area contributed by atoms with E-state index >= 15 is 0 Å². The summed E-state index contributed by atoms with van der Waals surface area (Å²) in [5.74, 6) is -2.03. The number of carbonyl (C=O) groups is 2. The van der Waals surface area contributed by atoms with Gasteiger partial charge in [-0.05, 0) is 65.8 Å². The van der Waals surface area contributed by atoms with E-state index in [-0.39, 0.29) is 73.0 Å². The van der Waals surface area contributed by atoms with E-state index in [9.17, 15) is 29.4 Å². The lowest BCUT2D eigenvalue weighted by Crippen LogP contribution is -2.27. The van der Waals surface area contributed by atoms with E-state index in [0.717, 1.165) is 0 Å². The third-order valence-electron chi connectivity index (χ3n) is 8.05. The van der Waals surface area contributed by atoms with Crippen molar-refractivity contribution in [3.05, 3.63) is 90.9 Å². The summed E-state index contributed by atoms with van der Waals surface area (Å²) in [6, 6.07) is 9.81. The molecule has 324 valence electrons. The largest absolute Gasteiger partial charge is 0.490 e. The summed E-state index contributed by atoms with van der Waals surface area (Å²) in [5, 5.41) is 44.4. The molecular weight excluding hydrogens is 823 g/mol. The first-order chi connectivity index (χ1) is 28.2. The number of aliphatic hydroxyl groups excluding tert-OH is 1. The maximum Gasteiger partial charge on any atom is 0.341 e. The zero-order valence-electron chi connectivity index (χ0n) is 34.4. The maximum absolute atomic E-state index is 12.7. The number of aliphatic hydroxyl groups is 1. The number of ether oxygens (including phenoxy) is 5. The van der Waals surface area contributed by atoms with E-state index in [1.165, 1.54) is 30.6 Å². The number of benzene rings is 2. The van der Waals surface area contributed by atoms with Crippen molar-refractivity contribution in [3.8, 4) is 23.6 Å². The number of allylic oxidation sites excluding steroid dienone is 1. The van der Waals surface area contributed by atoms with Crippen LogP contribution in [0.15, 0.2) is 58.9 Å². The fourth-order valence-corrected chi connectivity index (χ4v) is 5.74. The highest BCUT2D eigenvalue weighted by Crippen LogP contribution is 2.33. The molecule has 60 heavy (non-hydrogen) atoms. The van der Waals surface area contributed by atoms with Crippen molar-refractivity contribution in [1.29, 1.82) is 10.5 Å². The first-order valence-corrected chi connectivity index (χ1v) is 19.2. The second kappa shape index (κ2) is 24.0. The number of hydrogen-bond acceptors (Lipinski definition) is 12. The molecule has 0 fully saturated rings. The lowest BCUT2D eigenvalue weighted by atomic mass is 10.0.